The summed E-state index contributed by atoms with van der Waals surface area (Å²) in [5.41, 5.74) is 11.1. The van der Waals surface area contributed by atoms with Gasteiger partial charge in [-0.15, -0.1) is 0 Å². The lowest BCUT2D eigenvalue weighted by Crippen LogP contribution is -2.32. The lowest BCUT2D eigenvalue weighted by Gasteiger charge is -2.22. The molecular formula is C18H27N. The first-order valence-electron chi connectivity index (χ1n) is 8.19. The molecule has 0 spiro atoms. The van der Waals surface area contributed by atoms with Crippen LogP contribution < -0.4 is 5.73 Å². The van der Waals surface area contributed by atoms with Gasteiger partial charge in [0.05, 0.1) is 0 Å². The van der Waals surface area contributed by atoms with Crippen LogP contribution in [0.4, 0.5) is 0 Å². The highest BCUT2D eigenvalue weighted by Gasteiger charge is 2.20. The Morgan fingerprint density at radius 2 is 1.68 bits per heavy atom. The second kappa shape index (κ2) is 6.09. The van der Waals surface area contributed by atoms with E-state index in [-0.39, 0.29) is 0 Å². The quantitative estimate of drug-likeness (QED) is 0.813. The molecule has 1 aromatic carbocycles. The maximum absolute atomic E-state index is 6.50. The average Bonchev–Trinajstić information content (AvgIpc) is 2.71. The van der Waals surface area contributed by atoms with Crippen molar-refractivity contribution in [1.29, 1.82) is 0 Å². The molecule has 0 aromatic heterocycles. The van der Waals surface area contributed by atoms with Gasteiger partial charge < -0.3 is 5.73 Å². The van der Waals surface area contributed by atoms with Crippen molar-refractivity contribution in [2.24, 2.45) is 11.7 Å². The Hall–Kier alpha value is -0.820. The summed E-state index contributed by atoms with van der Waals surface area (Å²) in [6, 6.07) is 7.47. The van der Waals surface area contributed by atoms with Crippen LogP contribution in [-0.2, 0) is 19.3 Å². The largest absolute Gasteiger partial charge is 0.327 e. The summed E-state index contributed by atoms with van der Waals surface area (Å²) >= 11 is 0. The molecular weight excluding hydrogens is 230 g/mol. The Kier molecular flexibility index (Phi) is 4.22. The highest BCUT2D eigenvalue weighted by molar-refractivity contribution is 5.35. The number of aryl methyl sites for hydroxylation is 2. The predicted molar refractivity (Wildman–Crippen MR) is 81.3 cm³/mol. The van der Waals surface area contributed by atoms with Gasteiger partial charge in [0.1, 0.15) is 0 Å². The van der Waals surface area contributed by atoms with Gasteiger partial charge in [0.25, 0.3) is 0 Å². The first-order valence-corrected chi connectivity index (χ1v) is 8.19. The highest BCUT2D eigenvalue weighted by Crippen LogP contribution is 2.28. The molecule has 0 radical (unpaired) electrons. The summed E-state index contributed by atoms with van der Waals surface area (Å²) < 4.78 is 0. The molecule has 0 aliphatic heterocycles. The first kappa shape index (κ1) is 13.2. The van der Waals surface area contributed by atoms with Gasteiger partial charge in [-0.25, -0.2) is 0 Å². The van der Waals surface area contributed by atoms with E-state index in [1.807, 2.05) is 0 Å². The maximum atomic E-state index is 6.50. The average molecular weight is 257 g/mol. The Labute approximate surface area is 117 Å². The van der Waals surface area contributed by atoms with Crippen LogP contribution in [0.3, 0.4) is 0 Å². The van der Waals surface area contributed by atoms with Crippen molar-refractivity contribution in [1.82, 2.24) is 0 Å². The van der Waals surface area contributed by atoms with Crippen LogP contribution >= 0.6 is 0 Å². The molecule has 3 rings (SSSR count). The van der Waals surface area contributed by atoms with E-state index < -0.39 is 0 Å². The highest BCUT2D eigenvalue weighted by atomic mass is 14.6. The SMILES string of the molecule is NC(Cc1ccc2c(c1)CCC2)C1CCCCCC1. The van der Waals surface area contributed by atoms with Gasteiger partial charge in [-0.2, -0.15) is 0 Å². The third kappa shape index (κ3) is 3.20. The zero-order valence-electron chi connectivity index (χ0n) is 12.0. The van der Waals surface area contributed by atoms with Gasteiger partial charge in [0.15, 0.2) is 0 Å². The molecule has 1 unspecified atom stereocenters. The normalized spacial score (nSPS) is 21.9. The fraction of sp³-hybridized carbons (Fsp3) is 0.667. The molecule has 0 amide bonds. The Morgan fingerprint density at radius 1 is 0.947 bits per heavy atom. The first-order chi connectivity index (χ1) is 9.33. The van der Waals surface area contributed by atoms with E-state index in [4.69, 9.17) is 5.73 Å². The van der Waals surface area contributed by atoms with Crippen LogP contribution in [-0.4, -0.2) is 6.04 Å². The van der Waals surface area contributed by atoms with Crippen molar-refractivity contribution < 1.29 is 0 Å². The zero-order chi connectivity index (χ0) is 13.1. The molecule has 0 bridgehead atoms. The van der Waals surface area contributed by atoms with Crippen LogP contribution in [0.15, 0.2) is 18.2 Å². The summed E-state index contributed by atoms with van der Waals surface area (Å²) in [6.07, 6.45) is 13.3. The number of fused-ring (bicyclic) bond motifs is 1. The van der Waals surface area contributed by atoms with E-state index in [9.17, 15) is 0 Å². The summed E-state index contributed by atoms with van der Waals surface area (Å²) in [4.78, 5) is 0. The Bertz CT molecular complexity index is 416. The minimum Gasteiger partial charge on any atom is -0.327 e. The fourth-order valence-corrected chi connectivity index (χ4v) is 3.93. The molecule has 1 atom stereocenters. The Morgan fingerprint density at radius 3 is 2.47 bits per heavy atom. The molecule has 2 N–H and O–H groups in total. The van der Waals surface area contributed by atoms with Crippen molar-refractivity contribution in [3.05, 3.63) is 34.9 Å². The van der Waals surface area contributed by atoms with Crippen LogP contribution in [0.2, 0.25) is 0 Å². The number of nitrogens with two attached hydrogens (primary N) is 1. The number of rotatable bonds is 3. The molecule has 0 heterocycles. The van der Waals surface area contributed by atoms with Crippen LogP contribution in [0.25, 0.3) is 0 Å². The van der Waals surface area contributed by atoms with Gasteiger partial charge >= 0.3 is 0 Å². The van der Waals surface area contributed by atoms with Crippen molar-refractivity contribution in [2.45, 2.75) is 70.3 Å². The van der Waals surface area contributed by atoms with E-state index in [2.05, 4.69) is 18.2 Å². The standard InChI is InChI=1S/C18H27N/c19-18(16-6-3-1-2-4-7-16)13-14-10-11-15-8-5-9-17(15)12-14/h10-12,16,18H,1-9,13,19H2. The van der Waals surface area contributed by atoms with Crippen LogP contribution in [0, 0.1) is 5.92 Å². The molecule has 2 aliphatic carbocycles. The number of hydrogen-bond acceptors (Lipinski definition) is 1. The van der Waals surface area contributed by atoms with E-state index >= 15 is 0 Å². The summed E-state index contributed by atoms with van der Waals surface area (Å²) in [7, 11) is 0. The zero-order valence-corrected chi connectivity index (χ0v) is 12.0. The van der Waals surface area contributed by atoms with Crippen molar-refractivity contribution in [3.8, 4) is 0 Å². The Balaban J connectivity index is 1.63. The lowest BCUT2D eigenvalue weighted by molar-refractivity contribution is 0.372. The predicted octanol–water partition coefficient (Wildman–Crippen LogP) is 4.02. The fourth-order valence-electron chi connectivity index (χ4n) is 3.93. The van der Waals surface area contributed by atoms with Gasteiger partial charge in [-0.1, -0.05) is 43.9 Å². The topological polar surface area (TPSA) is 26.0 Å². The summed E-state index contributed by atoms with van der Waals surface area (Å²) in [5.74, 6) is 0.760. The summed E-state index contributed by atoms with van der Waals surface area (Å²) in [5, 5.41) is 0. The van der Waals surface area contributed by atoms with Gasteiger partial charge in [0, 0.05) is 6.04 Å². The van der Waals surface area contributed by atoms with Gasteiger partial charge in [-0.05, 0) is 61.1 Å². The van der Waals surface area contributed by atoms with Crippen molar-refractivity contribution >= 4 is 0 Å². The van der Waals surface area contributed by atoms with Gasteiger partial charge in [-0.3, -0.25) is 0 Å². The molecule has 19 heavy (non-hydrogen) atoms. The lowest BCUT2D eigenvalue weighted by atomic mass is 9.88. The second-order valence-corrected chi connectivity index (χ2v) is 6.58. The van der Waals surface area contributed by atoms with E-state index in [0.29, 0.717) is 6.04 Å². The minimum atomic E-state index is 0.373. The smallest absolute Gasteiger partial charge is 0.0108 e. The molecule has 1 aromatic rings. The van der Waals surface area contributed by atoms with Crippen LogP contribution in [0.5, 0.6) is 0 Å². The molecule has 2 aliphatic rings. The third-order valence-electron chi connectivity index (χ3n) is 5.14. The monoisotopic (exact) mass is 257 g/mol. The second-order valence-electron chi connectivity index (χ2n) is 6.58. The minimum absolute atomic E-state index is 0.373. The molecule has 1 nitrogen and oxygen atoms in total. The third-order valence-corrected chi connectivity index (χ3v) is 5.14. The van der Waals surface area contributed by atoms with E-state index in [1.165, 1.54) is 63.4 Å². The molecule has 1 fully saturated rings. The molecule has 1 saturated carbocycles. The summed E-state index contributed by atoms with van der Waals surface area (Å²) in [6.45, 7) is 0. The van der Waals surface area contributed by atoms with E-state index in [0.717, 1.165) is 12.3 Å². The number of benzene rings is 1. The van der Waals surface area contributed by atoms with Crippen molar-refractivity contribution in [3.63, 3.8) is 0 Å². The molecule has 1 heteroatoms. The maximum Gasteiger partial charge on any atom is 0.0108 e. The van der Waals surface area contributed by atoms with Crippen molar-refractivity contribution in [2.75, 3.05) is 0 Å². The van der Waals surface area contributed by atoms with Crippen LogP contribution in [0.1, 0.15) is 61.6 Å². The molecule has 104 valence electrons. The number of hydrogen-bond donors (Lipinski definition) is 1. The molecule has 0 saturated heterocycles. The van der Waals surface area contributed by atoms with Gasteiger partial charge in [0.2, 0.25) is 0 Å². The van der Waals surface area contributed by atoms with E-state index in [1.54, 1.807) is 11.1 Å².